The summed E-state index contributed by atoms with van der Waals surface area (Å²) in [5, 5.41) is 6.80. The molecule has 0 radical (unpaired) electrons. The van der Waals surface area contributed by atoms with E-state index >= 15 is 0 Å². The van der Waals surface area contributed by atoms with Gasteiger partial charge in [0.05, 0.1) is 31.2 Å². The van der Waals surface area contributed by atoms with Crippen molar-refractivity contribution in [2.24, 2.45) is 12.0 Å². The molecule has 0 unspecified atom stereocenters. The Hall–Kier alpha value is -3.06. The Balaban J connectivity index is 1.65. The summed E-state index contributed by atoms with van der Waals surface area (Å²) < 4.78 is 12.8. The van der Waals surface area contributed by atoms with E-state index in [0.29, 0.717) is 13.1 Å². The van der Waals surface area contributed by atoms with Crippen LogP contribution in [0.4, 0.5) is 0 Å². The van der Waals surface area contributed by atoms with Gasteiger partial charge in [0.25, 0.3) is 0 Å². The van der Waals surface area contributed by atoms with Gasteiger partial charge in [-0.2, -0.15) is 0 Å². The lowest BCUT2D eigenvalue weighted by molar-refractivity contribution is 0.145. The first-order valence-corrected chi connectivity index (χ1v) is 10.3. The minimum absolute atomic E-state index is 0.577. The molecule has 0 spiro atoms. The van der Waals surface area contributed by atoms with Gasteiger partial charge in [-0.15, -0.1) is 0 Å². The standard InChI is InChI=1S/C23H31N5O2/c1-4-30-15-7-14-24-23(25-16-18-10-12-19(29-3)13-11-18)26-17-22-27-20-8-5-6-9-21(20)28(22)2/h5-6,8-13H,4,7,14-17H2,1-3H3,(H2,24,25,26). The van der Waals surface area contributed by atoms with Crippen molar-refractivity contribution in [2.75, 3.05) is 26.9 Å². The van der Waals surface area contributed by atoms with E-state index in [1.807, 2.05) is 56.4 Å². The average molecular weight is 410 g/mol. The van der Waals surface area contributed by atoms with Crippen LogP contribution in [0.15, 0.2) is 53.5 Å². The van der Waals surface area contributed by atoms with E-state index in [1.54, 1.807) is 7.11 Å². The SMILES string of the molecule is CCOCCCNC(=NCc1ccc(OC)cc1)NCc1nc2ccccc2n1C. The molecule has 160 valence electrons. The van der Waals surface area contributed by atoms with Crippen LogP contribution in [0.5, 0.6) is 5.75 Å². The van der Waals surface area contributed by atoms with Crippen LogP contribution < -0.4 is 15.4 Å². The molecule has 0 aliphatic rings. The lowest BCUT2D eigenvalue weighted by atomic mass is 10.2. The maximum absolute atomic E-state index is 5.42. The van der Waals surface area contributed by atoms with Gasteiger partial charge in [0.2, 0.25) is 0 Å². The van der Waals surface area contributed by atoms with Crippen molar-refractivity contribution in [3.63, 3.8) is 0 Å². The fraction of sp³-hybridized carbons (Fsp3) is 0.391. The zero-order valence-electron chi connectivity index (χ0n) is 18.0. The van der Waals surface area contributed by atoms with Crippen LogP contribution in [0, 0.1) is 0 Å². The number of para-hydroxylation sites is 2. The number of benzene rings is 2. The first-order valence-electron chi connectivity index (χ1n) is 10.3. The number of imidazole rings is 1. The van der Waals surface area contributed by atoms with E-state index in [-0.39, 0.29) is 0 Å². The Bertz CT molecular complexity index is 950. The maximum Gasteiger partial charge on any atom is 0.191 e. The zero-order valence-corrected chi connectivity index (χ0v) is 18.0. The Morgan fingerprint density at radius 2 is 1.90 bits per heavy atom. The normalized spacial score (nSPS) is 11.6. The highest BCUT2D eigenvalue weighted by molar-refractivity contribution is 5.80. The predicted molar refractivity (Wildman–Crippen MR) is 121 cm³/mol. The number of methoxy groups -OCH3 is 1. The second-order valence-corrected chi connectivity index (χ2v) is 6.92. The highest BCUT2D eigenvalue weighted by Crippen LogP contribution is 2.14. The van der Waals surface area contributed by atoms with Crippen LogP contribution in [0.25, 0.3) is 11.0 Å². The van der Waals surface area contributed by atoms with Gasteiger partial charge in [-0.1, -0.05) is 24.3 Å². The lowest BCUT2D eigenvalue weighted by Gasteiger charge is -2.13. The van der Waals surface area contributed by atoms with Gasteiger partial charge < -0.3 is 24.7 Å². The van der Waals surface area contributed by atoms with E-state index in [0.717, 1.165) is 60.3 Å². The smallest absolute Gasteiger partial charge is 0.191 e. The number of aromatic nitrogens is 2. The van der Waals surface area contributed by atoms with Crippen molar-refractivity contribution in [2.45, 2.75) is 26.4 Å². The van der Waals surface area contributed by atoms with Gasteiger partial charge in [0.1, 0.15) is 11.6 Å². The van der Waals surface area contributed by atoms with Gasteiger partial charge in [-0.25, -0.2) is 9.98 Å². The van der Waals surface area contributed by atoms with Crippen molar-refractivity contribution in [1.29, 1.82) is 0 Å². The van der Waals surface area contributed by atoms with E-state index in [9.17, 15) is 0 Å². The van der Waals surface area contributed by atoms with Crippen molar-refractivity contribution < 1.29 is 9.47 Å². The molecule has 1 aromatic heterocycles. The average Bonchev–Trinajstić information content (AvgIpc) is 3.11. The summed E-state index contributed by atoms with van der Waals surface area (Å²) in [6.07, 6.45) is 0.920. The van der Waals surface area contributed by atoms with Crippen molar-refractivity contribution in [3.05, 3.63) is 59.9 Å². The number of fused-ring (bicyclic) bond motifs is 1. The van der Waals surface area contributed by atoms with E-state index in [4.69, 9.17) is 19.5 Å². The van der Waals surface area contributed by atoms with Crippen molar-refractivity contribution in [3.8, 4) is 5.75 Å². The highest BCUT2D eigenvalue weighted by atomic mass is 16.5. The number of guanidine groups is 1. The second-order valence-electron chi connectivity index (χ2n) is 6.92. The molecular weight excluding hydrogens is 378 g/mol. The molecule has 0 amide bonds. The number of aliphatic imine (C=N–C) groups is 1. The molecule has 0 fully saturated rings. The minimum atomic E-state index is 0.577. The number of ether oxygens (including phenoxy) is 2. The summed E-state index contributed by atoms with van der Waals surface area (Å²) in [6.45, 7) is 5.44. The molecule has 0 aliphatic heterocycles. The number of hydrogen-bond acceptors (Lipinski definition) is 4. The molecule has 7 heteroatoms. The molecule has 0 saturated heterocycles. The first kappa shape index (κ1) is 21.6. The van der Waals surface area contributed by atoms with Gasteiger partial charge in [-0.05, 0) is 43.2 Å². The summed E-state index contributed by atoms with van der Waals surface area (Å²) in [5.41, 5.74) is 3.24. The van der Waals surface area contributed by atoms with Crippen LogP contribution in [0.2, 0.25) is 0 Å². The van der Waals surface area contributed by atoms with E-state index in [1.165, 1.54) is 0 Å². The summed E-state index contributed by atoms with van der Waals surface area (Å²) in [5.74, 6) is 2.57. The summed E-state index contributed by atoms with van der Waals surface area (Å²) in [7, 11) is 3.71. The van der Waals surface area contributed by atoms with E-state index < -0.39 is 0 Å². The number of nitrogens with one attached hydrogen (secondary N) is 2. The van der Waals surface area contributed by atoms with Crippen molar-refractivity contribution >= 4 is 17.0 Å². The molecular formula is C23H31N5O2. The molecule has 0 aliphatic carbocycles. The molecule has 30 heavy (non-hydrogen) atoms. The molecule has 2 N–H and O–H groups in total. The monoisotopic (exact) mass is 409 g/mol. The third-order valence-electron chi connectivity index (χ3n) is 4.83. The third-order valence-corrected chi connectivity index (χ3v) is 4.83. The fourth-order valence-corrected chi connectivity index (χ4v) is 3.12. The number of hydrogen-bond donors (Lipinski definition) is 2. The number of rotatable bonds is 10. The van der Waals surface area contributed by atoms with Gasteiger partial charge in [-0.3, -0.25) is 0 Å². The van der Waals surface area contributed by atoms with Gasteiger partial charge >= 0.3 is 0 Å². The van der Waals surface area contributed by atoms with Crippen LogP contribution >= 0.6 is 0 Å². The molecule has 1 heterocycles. The van der Waals surface area contributed by atoms with Crippen LogP contribution in [-0.2, 0) is 24.9 Å². The molecule has 7 nitrogen and oxygen atoms in total. The van der Waals surface area contributed by atoms with Crippen LogP contribution in [0.3, 0.4) is 0 Å². The minimum Gasteiger partial charge on any atom is -0.497 e. The van der Waals surface area contributed by atoms with Crippen LogP contribution in [-0.4, -0.2) is 42.4 Å². The largest absolute Gasteiger partial charge is 0.497 e. The predicted octanol–water partition coefficient (Wildman–Crippen LogP) is 3.24. The summed E-state index contributed by atoms with van der Waals surface area (Å²) in [4.78, 5) is 9.47. The van der Waals surface area contributed by atoms with E-state index in [2.05, 4.69) is 21.3 Å². The highest BCUT2D eigenvalue weighted by Gasteiger charge is 2.08. The number of aryl methyl sites for hydroxylation is 1. The summed E-state index contributed by atoms with van der Waals surface area (Å²) in [6, 6.07) is 16.1. The van der Waals surface area contributed by atoms with Gasteiger partial charge in [0, 0.05) is 26.8 Å². The Labute approximate surface area is 178 Å². The Morgan fingerprint density at radius 3 is 2.63 bits per heavy atom. The molecule has 0 atom stereocenters. The van der Waals surface area contributed by atoms with Crippen LogP contribution in [0.1, 0.15) is 24.7 Å². The topological polar surface area (TPSA) is 72.7 Å². The quantitative estimate of drug-likeness (QED) is 0.306. The molecule has 2 aromatic carbocycles. The first-order chi connectivity index (χ1) is 14.7. The summed E-state index contributed by atoms with van der Waals surface area (Å²) >= 11 is 0. The Kier molecular flexibility index (Phi) is 8.09. The Morgan fingerprint density at radius 1 is 1.10 bits per heavy atom. The fourth-order valence-electron chi connectivity index (χ4n) is 3.12. The second kappa shape index (κ2) is 11.2. The number of nitrogens with zero attached hydrogens (tertiary/aromatic N) is 3. The van der Waals surface area contributed by atoms with Crippen molar-refractivity contribution in [1.82, 2.24) is 20.2 Å². The third kappa shape index (κ3) is 5.97. The molecule has 3 rings (SSSR count). The maximum atomic E-state index is 5.42. The van der Waals surface area contributed by atoms with Gasteiger partial charge in [0.15, 0.2) is 5.96 Å². The molecule has 0 bridgehead atoms. The lowest BCUT2D eigenvalue weighted by Crippen LogP contribution is -2.38. The zero-order chi connectivity index (χ0) is 21.2. The molecule has 0 saturated carbocycles. The molecule has 3 aromatic rings.